The summed E-state index contributed by atoms with van der Waals surface area (Å²) in [5.41, 5.74) is -0.0352. The van der Waals surface area contributed by atoms with Crippen LogP contribution in [0.5, 0.6) is 11.5 Å². The SMILES string of the molecule is COc1ccc(C(=O)NC(CCOC(C)(C)C)C(=O)O)cc1OC1CCCC1. The molecule has 156 valence electrons. The molecule has 0 aromatic heterocycles. The number of nitrogens with one attached hydrogen (secondary N) is 1. The van der Waals surface area contributed by atoms with Gasteiger partial charge in [-0.1, -0.05) is 0 Å². The molecular weight excluding hydrogens is 362 g/mol. The Bertz CT molecular complexity index is 676. The fourth-order valence-corrected chi connectivity index (χ4v) is 3.08. The van der Waals surface area contributed by atoms with Crippen LogP contribution in [0.15, 0.2) is 18.2 Å². The molecular formula is C21H31NO6. The Morgan fingerprint density at radius 2 is 1.89 bits per heavy atom. The number of ether oxygens (including phenoxy) is 3. The molecule has 2 N–H and O–H groups in total. The van der Waals surface area contributed by atoms with Crippen molar-refractivity contribution in [3.8, 4) is 11.5 Å². The quantitative estimate of drug-likeness (QED) is 0.668. The summed E-state index contributed by atoms with van der Waals surface area (Å²) in [6, 6.07) is 3.84. The molecule has 1 saturated carbocycles. The first-order chi connectivity index (χ1) is 13.2. The molecule has 7 heteroatoms. The van der Waals surface area contributed by atoms with Gasteiger partial charge in [0.05, 0.1) is 18.8 Å². The predicted molar refractivity (Wildman–Crippen MR) is 105 cm³/mol. The maximum atomic E-state index is 12.6. The third-order valence-corrected chi connectivity index (χ3v) is 4.57. The molecule has 0 radical (unpaired) electrons. The minimum atomic E-state index is -1.10. The van der Waals surface area contributed by atoms with Crippen LogP contribution >= 0.6 is 0 Å². The Balaban J connectivity index is 2.05. The summed E-state index contributed by atoms with van der Waals surface area (Å²) in [5, 5.41) is 12.0. The van der Waals surface area contributed by atoms with Crippen LogP contribution in [0.3, 0.4) is 0 Å². The van der Waals surface area contributed by atoms with E-state index in [-0.39, 0.29) is 24.7 Å². The molecule has 28 heavy (non-hydrogen) atoms. The molecule has 1 unspecified atom stereocenters. The molecule has 0 bridgehead atoms. The van der Waals surface area contributed by atoms with Gasteiger partial charge in [-0.25, -0.2) is 4.79 Å². The number of amides is 1. The molecule has 0 spiro atoms. The first kappa shape index (κ1) is 22.0. The Morgan fingerprint density at radius 1 is 1.21 bits per heavy atom. The molecule has 0 heterocycles. The van der Waals surface area contributed by atoms with E-state index in [9.17, 15) is 14.7 Å². The minimum Gasteiger partial charge on any atom is -0.493 e. The van der Waals surface area contributed by atoms with Crippen LogP contribution in [-0.4, -0.2) is 48.4 Å². The molecule has 1 fully saturated rings. The Morgan fingerprint density at radius 3 is 2.46 bits per heavy atom. The highest BCUT2D eigenvalue weighted by Crippen LogP contribution is 2.32. The van der Waals surface area contributed by atoms with E-state index in [1.165, 1.54) is 0 Å². The number of carbonyl (C=O) groups is 2. The summed E-state index contributed by atoms with van der Waals surface area (Å²) in [4.78, 5) is 24.1. The number of carboxylic acid groups (broad SMARTS) is 1. The van der Waals surface area contributed by atoms with Gasteiger partial charge in [0, 0.05) is 18.6 Å². The predicted octanol–water partition coefficient (Wildman–Crippen LogP) is 3.40. The van der Waals surface area contributed by atoms with Gasteiger partial charge in [-0.05, 0) is 64.7 Å². The topological polar surface area (TPSA) is 94.1 Å². The van der Waals surface area contributed by atoms with Gasteiger partial charge in [0.25, 0.3) is 5.91 Å². The van der Waals surface area contributed by atoms with Crippen molar-refractivity contribution in [3.05, 3.63) is 23.8 Å². The zero-order valence-electron chi connectivity index (χ0n) is 17.1. The van der Waals surface area contributed by atoms with E-state index in [1.54, 1.807) is 25.3 Å². The van der Waals surface area contributed by atoms with E-state index in [1.807, 2.05) is 20.8 Å². The Hall–Kier alpha value is -2.28. The molecule has 7 nitrogen and oxygen atoms in total. The zero-order chi connectivity index (χ0) is 20.7. The van der Waals surface area contributed by atoms with E-state index in [0.717, 1.165) is 25.7 Å². The van der Waals surface area contributed by atoms with Crippen molar-refractivity contribution in [1.82, 2.24) is 5.32 Å². The van der Waals surface area contributed by atoms with Crippen LogP contribution in [0.2, 0.25) is 0 Å². The molecule has 1 aromatic rings. The van der Waals surface area contributed by atoms with E-state index < -0.39 is 17.9 Å². The molecule has 2 rings (SSSR count). The number of hydrogen-bond donors (Lipinski definition) is 2. The third-order valence-electron chi connectivity index (χ3n) is 4.57. The van der Waals surface area contributed by atoms with Crippen LogP contribution in [-0.2, 0) is 9.53 Å². The number of carbonyl (C=O) groups excluding carboxylic acids is 1. The van der Waals surface area contributed by atoms with Crippen molar-refractivity contribution in [2.45, 2.75) is 70.6 Å². The lowest BCUT2D eigenvalue weighted by Gasteiger charge is -2.21. The van der Waals surface area contributed by atoms with Gasteiger partial charge >= 0.3 is 5.97 Å². The Kier molecular flexibility index (Phi) is 7.69. The summed E-state index contributed by atoms with van der Waals surface area (Å²) < 4.78 is 16.9. The van der Waals surface area contributed by atoms with E-state index >= 15 is 0 Å². The summed E-state index contributed by atoms with van der Waals surface area (Å²) in [6.45, 7) is 5.92. The smallest absolute Gasteiger partial charge is 0.326 e. The summed E-state index contributed by atoms with van der Waals surface area (Å²) in [7, 11) is 1.55. The lowest BCUT2D eigenvalue weighted by molar-refractivity contribution is -0.140. The van der Waals surface area contributed by atoms with Crippen molar-refractivity contribution in [2.75, 3.05) is 13.7 Å². The monoisotopic (exact) mass is 393 g/mol. The fraction of sp³-hybridized carbons (Fsp3) is 0.619. The lowest BCUT2D eigenvalue weighted by atomic mass is 10.1. The number of carboxylic acids is 1. The molecule has 1 atom stereocenters. The Labute approximate surface area is 166 Å². The zero-order valence-corrected chi connectivity index (χ0v) is 17.1. The van der Waals surface area contributed by atoms with Gasteiger partial charge in [0.15, 0.2) is 11.5 Å². The molecule has 0 saturated heterocycles. The highest BCUT2D eigenvalue weighted by molar-refractivity contribution is 5.97. The lowest BCUT2D eigenvalue weighted by Crippen LogP contribution is -2.42. The van der Waals surface area contributed by atoms with Crippen molar-refractivity contribution >= 4 is 11.9 Å². The van der Waals surface area contributed by atoms with Gasteiger partial charge in [-0.2, -0.15) is 0 Å². The van der Waals surface area contributed by atoms with Crippen molar-refractivity contribution < 1.29 is 28.9 Å². The number of benzene rings is 1. The van der Waals surface area contributed by atoms with Crippen molar-refractivity contribution in [3.63, 3.8) is 0 Å². The molecule has 1 aromatic carbocycles. The minimum absolute atomic E-state index is 0.119. The van der Waals surface area contributed by atoms with Crippen LogP contribution in [0.1, 0.15) is 63.2 Å². The number of aliphatic carboxylic acids is 1. The van der Waals surface area contributed by atoms with Crippen molar-refractivity contribution in [2.24, 2.45) is 0 Å². The average molecular weight is 393 g/mol. The molecule has 1 aliphatic carbocycles. The van der Waals surface area contributed by atoms with Gasteiger partial charge in [0.1, 0.15) is 6.04 Å². The maximum Gasteiger partial charge on any atom is 0.326 e. The van der Waals surface area contributed by atoms with E-state index in [0.29, 0.717) is 17.1 Å². The second-order valence-electron chi connectivity index (χ2n) is 8.00. The molecule has 0 aliphatic heterocycles. The second-order valence-corrected chi connectivity index (χ2v) is 8.00. The molecule has 1 amide bonds. The first-order valence-electron chi connectivity index (χ1n) is 9.72. The average Bonchev–Trinajstić information content (AvgIpc) is 3.12. The summed E-state index contributed by atoms with van der Waals surface area (Å²) >= 11 is 0. The van der Waals surface area contributed by atoms with Gasteiger partial charge < -0.3 is 24.6 Å². The van der Waals surface area contributed by atoms with E-state index in [2.05, 4.69) is 5.32 Å². The van der Waals surface area contributed by atoms with Crippen LogP contribution < -0.4 is 14.8 Å². The standard InChI is InChI=1S/C21H31NO6/c1-21(2,3)27-12-11-16(20(24)25)22-19(23)14-9-10-17(26-4)18(13-14)28-15-7-5-6-8-15/h9-10,13,15-16H,5-8,11-12H2,1-4H3,(H,22,23)(H,24,25). The maximum absolute atomic E-state index is 12.6. The van der Waals surface area contributed by atoms with Crippen LogP contribution in [0.4, 0.5) is 0 Å². The fourth-order valence-electron chi connectivity index (χ4n) is 3.08. The number of methoxy groups -OCH3 is 1. The normalized spacial score (nSPS) is 15.9. The highest BCUT2D eigenvalue weighted by atomic mass is 16.5. The number of hydrogen-bond acceptors (Lipinski definition) is 5. The van der Waals surface area contributed by atoms with Gasteiger partial charge in [-0.15, -0.1) is 0 Å². The summed E-state index contributed by atoms with van der Waals surface area (Å²) in [5.74, 6) is -0.509. The largest absolute Gasteiger partial charge is 0.493 e. The highest BCUT2D eigenvalue weighted by Gasteiger charge is 2.23. The van der Waals surface area contributed by atoms with Crippen molar-refractivity contribution in [1.29, 1.82) is 0 Å². The van der Waals surface area contributed by atoms with Gasteiger partial charge in [0.2, 0.25) is 0 Å². The van der Waals surface area contributed by atoms with Gasteiger partial charge in [-0.3, -0.25) is 4.79 Å². The second kappa shape index (κ2) is 9.78. The molecule has 1 aliphatic rings. The first-order valence-corrected chi connectivity index (χ1v) is 9.72. The summed E-state index contributed by atoms with van der Waals surface area (Å²) in [6.07, 6.45) is 4.52. The number of rotatable bonds is 9. The van der Waals surface area contributed by atoms with Crippen LogP contribution in [0, 0.1) is 0 Å². The third kappa shape index (κ3) is 6.71. The van der Waals surface area contributed by atoms with E-state index in [4.69, 9.17) is 14.2 Å². The van der Waals surface area contributed by atoms with Crippen LogP contribution in [0.25, 0.3) is 0 Å².